The third-order valence-electron chi connectivity index (χ3n) is 2.99. The maximum atomic E-state index is 12.0. The second-order valence-electron chi connectivity index (χ2n) is 5.01. The van der Waals surface area contributed by atoms with Gasteiger partial charge in [0.1, 0.15) is 5.75 Å². The van der Waals surface area contributed by atoms with Crippen molar-refractivity contribution in [2.75, 3.05) is 26.0 Å². The molecule has 22 heavy (non-hydrogen) atoms. The van der Waals surface area contributed by atoms with Gasteiger partial charge in [0.2, 0.25) is 11.8 Å². The lowest BCUT2D eigenvalue weighted by Gasteiger charge is -2.17. The molecule has 1 N–H and O–H groups in total. The van der Waals surface area contributed by atoms with Crippen molar-refractivity contribution >= 4 is 27.7 Å². The van der Waals surface area contributed by atoms with Crippen molar-refractivity contribution < 1.29 is 14.1 Å². The summed E-state index contributed by atoms with van der Waals surface area (Å²) >= 11 is 3.44. The minimum atomic E-state index is -0.160. The molecule has 0 saturated carbocycles. The first-order chi connectivity index (χ1) is 10.5. The van der Waals surface area contributed by atoms with Gasteiger partial charge in [-0.05, 0) is 32.2 Å². The van der Waals surface area contributed by atoms with E-state index < -0.39 is 0 Å². The second-order valence-corrected chi connectivity index (χ2v) is 5.92. The first-order valence-corrected chi connectivity index (χ1v) is 7.51. The van der Waals surface area contributed by atoms with Crippen LogP contribution in [0.3, 0.4) is 0 Å². The molecule has 0 spiro atoms. The zero-order valence-corrected chi connectivity index (χ0v) is 14.3. The van der Waals surface area contributed by atoms with Gasteiger partial charge in [0.05, 0.1) is 19.3 Å². The third kappa shape index (κ3) is 4.57. The maximum absolute atomic E-state index is 12.0. The molecular formula is C15H18BrN3O3. The summed E-state index contributed by atoms with van der Waals surface area (Å²) in [5.41, 5.74) is 1.73. The monoisotopic (exact) mass is 367 g/mol. The number of likely N-dealkylation sites (N-methyl/N-ethyl adjacent to an activating group) is 1. The Morgan fingerprint density at radius 1 is 1.45 bits per heavy atom. The van der Waals surface area contributed by atoms with Crippen molar-refractivity contribution in [1.29, 1.82) is 0 Å². The number of amides is 1. The number of aromatic nitrogens is 1. The van der Waals surface area contributed by atoms with Crippen molar-refractivity contribution in [3.8, 4) is 5.75 Å². The topological polar surface area (TPSA) is 67.6 Å². The summed E-state index contributed by atoms with van der Waals surface area (Å²) in [5.74, 6) is 0.991. The fourth-order valence-corrected chi connectivity index (χ4v) is 2.47. The summed E-state index contributed by atoms with van der Waals surface area (Å²) in [6, 6.07) is 7.47. The van der Waals surface area contributed by atoms with Crippen LogP contribution in [0.4, 0.5) is 5.88 Å². The number of carbonyl (C=O) groups excluding carboxylic acids is 1. The third-order valence-corrected chi connectivity index (χ3v) is 3.48. The van der Waals surface area contributed by atoms with E-state index in [1.807, 2.05) is 30.1 Å². The molecule has 0 aliphatic heterocycles. The van der Waals surface area contributed by atoms with Crippen LogP contribution in [0, 0.1) is 6.92 Å². The number of hydrogen-bond donors (Lipinski definition) is 1. The predicted molar refractivity (Wildman–Crippen MR) is 86.9 cm³/mol. The molecule has 0 aliphatic rings. The molecule has 1 heterocycles. The highest BCUT2D eigenvalue weighted by Crippen LogP contribution is 2.24. The van der Waals surface area contributed by atoms with Gasteiger partial charge >= 0.3 is 0 Å². The van der Waals surface area contributed by atoms with Gasteiger partial charge < -0.3 is 9.26 Å². The molecule has 1 aromatic carbocycles. The van der Waals surface area contributed by atoms with Gasteiger partial charge in [0, 0.05) is 22.6 Å². The SMILES string of the molecule is COc1ccc(Br)cc1CN(C)CC(=O)Nc1cc(C)no1. The lowest BCUT2D eigenvalue weighted by atomic mass is 10.2. The summed E-state index contributed by atoms with van der Waals surface area (Å²) in [5, 5.41) is 6.39. The predicted octanol–water partition coefficient (Wildman–Crippen LogP) is 2.82. The molecule has 0 fully saturated rings. The van der Waals surface area contributed by atoms with E-state index in [1.165, 1.54) is 0 Å². The van der Waals surface area contributed by atoms with Crippen LogP contribution in [0.15, 0.2) is 33.3 Å². The van der Waals surface area contributed by atoms with E-state index in [9.17, 15) is 4.79 Å². The molecule has 0 aliphatic carbocycles. The number of aryl methyl sites for hydroxylation is 1. The Balaban J connectivity index is 1.93. The Labute approximate surface area is 137 Å². The summed E-state index contributed by atoms with van der Waals surface area (Å²) < 4.78 is 11.3. The molecule has 6 nitrogen and oxygen atoms in total. The summed E-state index contributed by atoms with van der Waals surface area (Å²) in [6.45, 7) is 2.62. The lowest BCUT2D eigenvalue weighted by Crippen LogP contribution is -2.29. The average Bonchev–Trinajstić information content (AvgIpc) is 2.83. The summed E-state index contributed by atoms with van der Waals surface area (Å²) in [4.78, 5) is 13.9. The normalized spacial score (nSPS) is 10.8. The van der Waals surface area contributed by atoms with E-state index in [0.29, 0.717) is 12.4 Å². The number of halogens is 1. The van der Waals surface area contributed by atoms with Crippen LogP contribution in [-0.4, -0.2) is 36.7 Å². The van der Waals surface area contributed by atoms with Gasteiger partial charge in [0.25, 0.3) is 0 Å². The smallest absolute Gasteiger partial charge is 0.240 e. The van der Waals surface area contributed by atoms with E-state index >= 15 is 0 Å². The van der Waals surface area contributed by atoms with Crippen molar-refractivity contribution in [3.63, 3.8) is 0 Å². The lowest BCUT2D eigenvalue weighted by molar-refractivity contribution is -0.117. The molecule has 0 radical (unpaired) electrons. The van der Waals surface area contributed by atoms with Crippen LogP contribution >= 0.6 is 15.9 Å². The van der Waals surface area contributed by atoms with Crippen LogP contribution in [0.5, 0.6) is 5.75 Å². The molecule has 0 atom stereocenters. The van der Waals surface area contributed by atoms with E-state index in [-0.39, 0.29) is 12.5 Å². The molecule has 0 bridgehead atoms. The molecule has 2 rings (SSSR count). The number of nitrogens with one attached hydrogen (secondary N) is 1. The minimum absolute atomic E-state index is 0.160. The first-order valence-electron chi connectivity index (χ1n) is 6.72. The number of carbonyl (C=O) groups is 1. The van der Waals surface area contributed by atoms with Gasteiger partial charge in [0.15, 0.2) is 0 Å². The average molecular weight is 368 g/mol. The van der Waals surface area contributed by atoms with Gasteiger partial charge in [-0.1, -0.05) is 21.1 Å². The van der Waals surface area contributed by atoms with E-state index in [0.717, 1.165) is 21.5 Å². The number of ether oxygens (including phenoxy) is 1. The van der Waals surface area contributed by atoms with Gasteiger partial charge in [-0.2, -0.15) is 0 Å². The Hall–Kier alpha value is -1.86. The zero-order valence-electron chi connectivity index (χ0n) is 12.7. The number of nitrogens with zero attached hydrogens (tertiary/aromatic N) is 2. The highest BCUT2D eigenvalue weighted by atomic mass is 79.9. The van der Waals surface area contributed by atoms with Gasteiger partial charge in [-0.25, -0.2) is 0 Å². The highest BCUT2D eigenvalue weighted by molar-refractivity contribution is 9.10. The first kappa shape index (κ1) is 16.5. The van der Waals surface area contributed by atoms with E-state index in [2.05, 4.69) is 26.4 Å². The summed E-state index contributed by atoms with van der Waals surface area (Å²) in [7, 11) is 3.50. The molecule has 0 unspecified atom stereocenters. The fourth-order valence-electron chi connectivity index (χ4n) is 2.06. The molecule has 2 aromatic rings. The quantitative estimate of drug-likeness (QED) is 0.849. The molecule has 118 valence electrons. The van der Waals surface area contributed by atoms with Crippen molar-refractivity contribution in [3.05, 3.63) is 40.0 Å². The van der Waals surface area contributed by atoms with Crippen LogP contribution < -0.4 is 10.1 Å². The second kappa shape index (κ2) is 7.42. The number of methoxy groups -OCH3 is 1. The molecule has 7 heteroatoms. The molecule has 1 amide bonds. The highest BCUT2D eigenvalue weighted by Gasteiger charge is 2.12. The fraction of sp³-hybridized carbons (Fsp3) is 0.333. The van der Waals surface area contributed by atoms with Crippen LogP contribution in [0.1, 0.15) is 11.3 Å². The van der Waals surface area contributed by atoms with Crippen LogP contribution in [-0.2, 0) is 11.3 Å². The number of benzene rings is 1. The standard InChI is InChI=1S/C15H18BrN3O3/c1-10-6-15(22-18-10)17-14(20)9-19(2)8-11-7-12(16)4-5-13(11)21-3/h4-7H,8-9H2,1-3H3,(H,17,20). The van der Waals surface area contributed by atoms with Gasteiger partial charge in [-0.15, -0.1) is 0 Å². The number of hydrogen-bond acceptors (Lipinski definition) is 5. The van der Waals surface area contributed by atoms with Crippen LogP contribution in [0.25, 0.3) is 0 Å². The Kier molecular flexibility index (Phi) is 5.57. The van der Waals surface area contributed by atoms with Crippen molar-refractivity contribution in [2.45, 2.75) is 13.5 Å². The zero-order chi connectivity index (χ0) is 16.1. The Morgan fingerprint density at radius 3 is 2.86 bits per heavy atom. The molecule has 0 saturated heterocycles. The Bertz CT molecular complexity index is 657. The van der Waals surface area contributed by atoms with E-state index in [4.69, 9.17) is 9.26 Å². The van der Waals surface area contributed by atoms with Crippen LogP contribution in [0.2, 0.25) is 0 Å². The van der Waals surface area contributed by atoms with Crippen molar-refractivity contribution in [1.82, 2.24) is 10.1 Å². The van der Waals surface area contributed by atoms with Gasteiger partial charge in [-0.3, -0.25) is 15.0 Å². The molecular weight excluding hydrogens is 350 g/mol. The molecule has 1 aromatic heterocycles. The maximum Gasteiger partial charge on any atom is 0.240 e. The summed E-state index contributed by atoms with van der Waals surface area (Å²) in [6.07, 6.45) is 0. The largest absolute Gasteiger partial charge is 0.496 e. The Morgan fingerprint density at radius 2 is 2.23 bits per heavy atom. The number of anilines is 1. The number of rotatable bonds is 6. The minimum Gasteiger partial charge on any atom is -0.496 e. The van der Waals surface area contributed by atoms with Crippen molar-refractivity contribution in [2.24, 2.45) is 0 Å². The van der Waals surface area contributed by atoms with E-state index in [1.54, 1.807) is 20.1 Å².